The summed E-state index contributed by atoms with van der Waals surface area (Å²) in [5.41, 5.74) is 1.78. The second-order valence-corrected chi connectivity index (χ2v) is 5.59. The van der Waals surface area contributed by atoms with Crippen molar-refractivity contribution in [3.63, 3.8) is 0 Å². The number of hydrogen-bond donors (Lipinski definition) is 2. The Morgan fingerprint density at radius 3 is 2.78 bits per heavy atom. The number of aromatic nitrogens is 1. The normalized spacial score (nSPS) is 20.3. The molecule has 1 unspecified atom stereocenters. The lowest BCUT2D eigenvalue weighted by Gasteiger charge is -2.22. The van der Waals surface area contributed by atoms with Crippen molar-refractivity contribution in [1.29, 1.82) is 10.7 Å². The minimum atomic E-state index is -0.990. The number of amides is 1. The summed E-state index contributed by atoms with van der Waals surface area (Å²) in [4.78, 5) is 18.1. The highest BCUT2D eigenvalue weighted by Gasteiger charge is 2.45. The van der Waals surface area contributed by atoms with Crippen LogP contribution in [-0.2, 0) is 10.3 Å². The fraction of sp³-hybridized carbons (Fsp3) is 0.176. The number of carbonyl (C=O) groups is 1. The number of nitrogens with one attached hydrogen (secondary N) is 2. The molecule has 2 aromatic rings. The molecular weight excluding hydrogens is 290 g/mol. The van der Waals surface area contributed by atoms with E-state index in [-0.39, 0.29) is 11.9 Å². The molecule has 114 valence electrons. The molecule has 1 saturated heterocycles. The Bertz CT molecular complexity index is 854. The van der Waals surface area contributed by atoms with E-state index >= 15 is 0 Å². The van der Waals surface area contributed by atoms with Gasteiger partial charge in [0, 0.05) is 18.8 Å². The van der Waals surface area contributed by atoms with Gasteiger partial charge in [-0.05, 0) is 36.8 Å². The van der Waals surface area contributed by atoms with Gasteiger partial charge in [0.25, 0.3) is 5.91 Å². The maximum absolute atomic E-state index is 12.4. The molecule has 2 N–H and O–H groups in total. The maximum atomic E-state index is 12.4. The quantitative estimate of drug-likeness (QED) is 0.885. The van der Waals surface area contributed by atoms with Crippen molar-refractivity contribution in [2.24, 2.45) is 0 Å². The number of pyridine rings is 1. The van der Waals surface area contributed by atoms with Gasteiger partial charge in [0.15, 0.2) is 5.96 Å². The largest absolute Gasteiger partial charge is 0.338 e. The zero-order valence-corrected chi connectivity index (χ0v) is 12.8. The van der Waals surface area contributed by atoms with Crippen molar-refractivity contribution < 1.29 is 4.79 Å². The van der Waals surface area contributed by atoms with Crippen LogP contribution in [0.2, 0.25) is 0 Å². The molecule has 1 atom stereocenters. The summed E-state index contributed by atoms with van der Waals surface area (Å²) in [6, 6.07) is 12.8. The number of rotatable bonds is 2. The Morgan fingerprint density at radius 1 is 1.35 bits per heavy atom. The smallest absolute Gasteiger partial charge is 0.259 e. The lowest BCUT2D eigenvalue weighted by atomic mass is 9.91. The monoisotopic (exact) mass is 305 g/mol. The minimum Gasteiger partial charge on any atom is -0.338 e. The van der Waals surface area contributed by atoms with Crippen LogP contribution in [0, 0.1) is 16.7 Å². The van der Waals surface area contributed by atoms with E-state index < -0.39 is 5.54 Å². The highest BCUT2D eigenvalue weighted by Crippen LogP contribution is 2.30. The highest BCUT2D eigenvalue weighted by molar-refractivity contribution is 6.07. The molecule has 0 spiro atoms. The third kappa shape index (κ3) is 2.32. The van der Waals surface area contributed by atoms with Gasteiger partial charge >= 0.3 is 0 Å². The van der Waals surface area contributed by atoms with Gasteiger partial charge in [-0.3, -0.25) is 20.1 Å². The zero-order valence-electron chi connectivity index (χ0n) is 12.8. The number of nitriles is 1. The molecule has 0 bridgehead atoms. The van der Waals surface area contributed by atoms with E-state index in [9.17, 15) is 4.79 Å². The SMILES string of the molecule is CN1C(=N)NC(C)(c2ccnc(-c3cccc(C#N)c3)c2)C1=O. The van der Waals surface area contributed by atoms with Gasteiger partial charge in [0.05, 0.1) is 17.3 Å². The third-order valence-corrected chi connectivity index (χ3v) is 4.06. The van der Waals surface area contributed by atoms with Gasteiger partial charge < -0.3 is 5.32 Å². The number of hydrogen-bond acceptors (Lipinski definition) is 4. The third-order valence-electron chi connectivity index (χ3n) is 4.06. The van der Waals surface area contributed by atoms with Crippen LogP contribution < -0.4 is 5.32 Å². The molecule has 0 radical (unpaired) electrons. The first kappa shape index (κ1) is 14.7. The molecule has 6 heteroatoms. The molecule has 1 fully saturated rings. The zero-order chi connectivity index (χ0) is 16.6. The van der Waals surface area contributed by atoms with Crippen molar-refractivity contribution in [2.45, 2.75) is 12.5 Å². The Kier molecular flexibility index (Phi) is 3.34. The van der Waals surface area contributed by atoms with Crippen LogP contribution in [0.3, 0.4) is 0 Å². The molecule has 23 heavy (non-hydrogen) atoms. The number of nitrogens with zero attached hydrogens (tertiary/aromatic N) is 3. The molecule has 1 aromatic heterocycles. The van der Waals surface area contributed by atoms with E-state index in [1.807, 2.05) is 12.1 Å². The summed E-state index contributed by atoms with van der Waals surface area (Å²) in [6.45, 7) is 1.75. The summed E-state index contributed by atoms with van der Waals surface area (Å²) < 4.78 is 0. The first-order chi connectivity index (χ1) is 11.0. The number of guanidine groups is 1. The van der Waals surface area contributed by atoms with E-state index in [2.05, 4.69) is 16.4 Å². The average Bonchev–Trinajstić information content (AvgIpc) is 2.79. The Labute approximate surface area is 133 Å². The molecule has 6 nitrogen and oxygen atoms in total. The van der Waals surface area contributed by atoms with Crippen molar-refractivity contribution in [1.82, 2.24) is 15.2 Å². The fourth-order valence-electron chi connectivity index (χ4n) is 2.65. The molecule has 1 amide bonds. The van der Waals surface area contributed by atoms with Crippen LogP contribution in [-0.4, -0.2) is 28.8 Å². The second kappa shape index (κ2) is 5.21. The highest BCUT2D eigenvalue weighted by atomic mass is 16.2. The molecule has 1 aromatic carbocycles. The van der Waals surface area contributed by atoms with E-state index in [1.54, 1.807) is 44.4 Å². The van der Waals surface area contributed by atoms with Gasteiger partial charge in [0.2, 0.25) is 0 Å². The van der Waals surface area contributed by atoms with Crippen molar-refractivity contribution in [3.8, 4) is 17.3 Å². The Balaban J connectivity index is 2.06. The summed E-state index contributed by atoms with van der Waals surface area (Å²) in [5, 5.41) is 19.7. The van der Waals surface area contributed by atoms with E-state index in [1.165, 1.54) is 4.90 Å². The van der Waals surface area contributed by atoms with E-state index in [4.69, 9.17) is 10.7 Å². The van der Waals surface area contributed by atoms with Crippen LogP contribution >= 0.6 is 0 Å². The van der Waals surface area contributed by atoms with Crippen LogP contribution in [0.5, 0.6) is 0 Å². The van der Waals surface area contributed by atoms with Crippen LogP contribution in [0.25, 0.3) is 11.3 Å². The molecule has 0 saturated carbocycles. The summed E-state index contributed by atoms with van der Waals surface area (Å²) in [5.74, 6) is -0.118. The maximum Gasteiger partial charge on any atom is 0.259 e. The Morgan fingerprint density at radius 2 is 2.13 bits per heavy atom. The predicted molar refractivity (Wildman–Crippen MR) is 85.4 cm³/mol. The fourth-order valence-corrected chi connectivity index (χ4v) is 2.65. The first-order valence-electron chi connectivity index (χ1n) is 7.07. The van der Waals surface area contributed by atoms with E-state index in [0.29, 0.717) is 11.3 Å². The molecule has 1 aliphatic heterocycles. The van der Waals surface area contributed by atoms with Crippen molar-refractivity contribution in [2.75, 3.05) is 7.05 Å². The van der Waals surface area contributed by atoms with Crippen molar-refractivity contribution >= 4 is 11.9 Å². The summed E-state index contributed by atoms with van der Waals surface area (Å²) in [6.07, 6.45) is 1.63. The number of benzene rings is 1. The van der Waals surface area contributed by atoms with Gasteiger partial charge in [-0.15, -0.1) is 0 Å². The van der Waals surface area contributed by atoms with Crippen molar-refractivity contribution in [3.05, 3.63) is 53.7 Å². The molecule has 2 heterocycles. The molecule has 1 aliphatic rings. The standard InChI is InChI=1S/C17H15N5O/c1-17(15(23)22(2)16(19)21-17)13-6-7-20-14(9-13)12-5-3-4-11(8-12)10-18/h3-9H,1-2H3,(H2,19,21). The predicted octanol–water partition coefficient (Wildman–Crippen LogP) is 1.83. The van der Waals surface area contributed by atoms with Gasteiger partial charge in [-0.2, -0.15) is 5.26 Å². The van der Waals surface area contributed by atoms with Crippen LogP contribution in [0.4, 0.5) is 0 Å². The second-order valence-electron chi connectivity index (χ2n) is 5.59. The molecule has 0 aliphatic carbocycles. The lowest BCUT2D eigenvalue weighted by molar-refractivity contribution is -0.129. The lowest BCUT2D eigenvalue weighted by Crippen LogP contribution is -2.40. The molecule has 3 rings (SSSR count). The topological polar surface area (TPSA) is 92.9 Å². The Hall–Kier alpha value is -3.20. The van der Waals surface area contributed by atoms with Crippen LogP contribution in [0.1, 0.15) is 18.1 Å². The minimum absolute atomic E-state index is 0.0716. The van der Waals surface area contributed by atoms with Gasteiger partial charge in [-0.25, -0.2) is 0 Å². The van der Waals surface area contributed by atoms with Gasteiger partial charge in [0.1, 0.15) is 5.54 Å². The summed E-state index contributed by atoms with van der Waals surface area (Å²) in [7, 11) is 1.57. The van der Waals surface area contributed by atoms with Crippen LogP contribution in [0.15, 0.2) is 42.6 Å². The average molecular weight is 305 g/mol. The number of carbonyl (C=O) groups excluding carboxylic acids is 1. The number of likely N-dealkylation sites (N-methyl/N-ethyl adjacent to an activating group) is 1. The molecular formula is C17H15N5O. The van der Waals surface area contributed by atoms with Gasteiger partial charge in [-0.1, -0.05) is 12.1 Å². The van der Waals surface area contributed by atoms with E-state index in [0.717, 1.165) is 11.1 Å². The summed E-state index contributed by atoms with van der Waals surface area (Å²) >= 11 is 0. The first-order valence-corrected chi connectivity index (χ1v) is 7.07.